The first-order chi connectivity index (χ1) is 5.77. The number of rotatable bonds is 1. The van der Waals surface area contributed by atoms with Crippen molar-refractivity contribution in [1.82, 2.24) is 14.9 Å². The Morgan fingerprint density at radius 3 is 3.08 bits per heavy atom. The number of amides is 1. The molecule has 0 saturated carbocycles. The van der Waals surface area contributed by atoms with Crippen molar-refractivity contribution in [3.63, 3.8) is 0 Å². The normalized spacial score (nSPS) is 22.8. The van der Waals surface area contributed by atoms with E-state index in [0.29, 0.717) is 12.3 Å². The fourth-order valence-electron chi connectivity index (χ4n) is 1.58. The fourth-order valence-corrected chi connectivity index (χ4v) is 1.58. The summed E-state index contributed by atoms with van der Waals surface area (Å²) < 4.78 is 1.96. The van der Waals surface area contributed by atoms with Gasteiger partial charge in [0.1, 0.15) is 0 Å². The second kappa shape index (κ2) is 2.62. The molecule has 1 atom stereocenters. The lowest BCUT2D eigenvalue weighted by molar-refractivity contribution is -0.119. The van der Waals surface area contributed by atoms with Gasteiger partial charge in [-0.25, -0.2) is 4.98 Å². The van der Waals surface area contributed by atoms with Crippen LogP contribution in [0.15, 0.2) is 12.5 Å². The van der Waals surface area contributed by atoms with Crippen LogP contribution in [0.5, 0.6) is 0 Å². The van der Waals surface area contributed by atoms with Crippen molar-refractivity contribution in [2.24, 2.45) is 7.05 Å². The molecular weight excluding hydrogens is 154 g/mol. The predicted molar refractivity (Wildman–Crippen MR) is 43.6 cm³/mol. The Kier molecular flexibility index (Phi) is 1.60. The summed E-state index contributed by atoms with van der Waals surface area (Å²) >= 11 is 0. The summed E-state index contributed by atoms with van der Waals surface area (Å²) in [5, 5.41) is 2.81. The monoisotopic (exact) mass is 165 g/mol. The zero-order valence-corrected chi connectivity index (χ0v) is 6.95. The molecule has 1 amide bonds. The average Bonchev–Trinajstić information content (AvgIpc) is 2.58. The van der Waals surface area contributed by atoms with Crippen molar-refractivity contribution in [2.75, 3.05) is 6.54 Å². The second-order valence-corrected chi connectivity index (χ2v) is 3.13. The summed E-state index contributed by atoms with van der Waals surface area (Å²) in [6, 6.07) is 0. The van der Waals surface area contributed by atoms with E-state index < -0.39 is 0 Å². The second-order valence-electron chi connectivity index (χ2n) is 3.13. The molecule has 1 aromatic rings. The largest absolute Gasteiger partial charge is 0.355 e. The predicted octanol–water partition coefficient (Wildman–Crippen LogP) is 0.0236. The molecule has 4 heteroatoms. The van der Waals surface area contributed by atoms with Gasteiger partial charge < -0.3 is 9.88 Å². The third kappa shape index (κ3) is 1.09. The summed E-state index contributed by atoms with van der Waals surface area (Å²) in [5.74, 6) is 0.450. The molecule has 1 aliphatic rings. The van der Waals surface area contributed by atoms with Crippen molar-refractivity contribution in [3.05, 3.63) is 18.2 Å². The number of nitrogens with one attached hydrogen (secondary N) is 1. The minimum absolute atomic E-state index is 0.140. The minimum Gasteiger partial charge on any atom is -0.355 e. The SMILES string of the molecule is Cn1cncc1C1CNC(=O)C1. The van der Waals surface area contributed by atoms with E-state index in [1.807, 2.05) is 17.8 Å². The summed E-state index contributed by atoms with van der Waals surface area (Å²) in [6.07, 6.45) is 4.18. The highest BCUT2D eigenvalue weighted by Crippen LogP contribution is 2.21. The van der Waals surface area contributed by atoms with E-state index in [2.05, 4.69) is 10.3 Å². The molecular formula is C8H11N3O. The number of hydrogen-bond acceptors (Lipinski definition) is 2. The molecule has 1 saturated heterocycles. The Hall–Kier alpha value is -1.32. The number of hydrogen-bond donors (Lipinski definition) is 1. The summed E-state index contributed by atoms with van der Waals surface area (Å²) in [6.45, 7) is 0.748. The van der Waals surface area contributed by atoms with E-state index in [1.54, 1.807) is 6.33 Å². The van der Waals surface area contributed by atoms with Gasteiger partial charge in [-0.15, -0.1) is 0 Å². The molecule has 0 aliphatic carbocycles. The molecule has 1 aromatic heterocycles. The van der Waals surface area contributed by atoms with Gasteiger partial charge >= 0.3 is 0 Å². The molecule has 1 unspecified atom stereocenters. The molecule has 64 valence electrons. The number of carbonyl (C=O) groups excluding carboxylic acids is 1. The van der Waals surface area contributed by atoms with Gasteiger partial charge in [0.25, 0.3) is 0 Å². The van der Waals surface area contributed by atoms with Crippen molar-refractivity contribution < 1.29 is 4.79 Å². The maximum atomic E-state index is 10.9. The van der Waals surface area contributed by atoms with E-state index in [1.165, 1.54) is 0 Å². The van der Waals surface area contributed by atoms with Crippen LogP contribution in [-0.2, 0) is 11.8 Å². The third-order valence-corrected chi connectivity index (χ3v) is 2.25. The number of nitrogens with zero attached hydrogens (tertiary/aromatic N) is 2. The van der Waals surface area contributed by atoms with E-state index in [0.717, 1.165) is 12.2 Å². The van der Waals surface area contributed by atoms with Gasteiger partial charge in [-0.05, 0) is 0 Å². The highest BCUT2D eigenvalue weighted by Gasteiger charge is 2.24. The van der Waals surface area contributed by atoms with Crippen LogP contribution in [0.1, 0.15) is 18.0 Å². The molecule has 2 rings (SSSR count). The topological polar surface area (TPSA) is 46.9 Å². The molecule has 0 spiro atoms. The summed E-state index contributed by atoms with van der Waals surface area (Å²) in [7, 11) is 1.95. The molecule has 0 bridgehead atoms. The van der Waals surface area contributed by atoms with E-state index >= 15 is 0 Å². The summed E-state index contributed by atoms with van der Waals surface area (Å²) in [4.78, 5) is 14.9. The lowest BCUT2D eigenvalue weighted by Gasteiger charge is -2.06. The molecule has 1 aliphatic heterocycles. The molecule has 12 heavy (non-hydrogen) atoms. The number of carbonyl (C=O) groups is 1. The van der Waals surface area contributed by atoms with Gasteiger partial charge in [0.15, 0.2) is 0 Å². The van der Waals surface area contributed by atoms with Crippen LogP contribution in [-0.4, -0.2) is 22.0 Å². The Morgan fingerprint density at radius 1 is 1.75 bits per heavy atom. The average molecular weight is 165 g/mol. The van der Waals surface area contributed by atoms with Gasteiger partial charge in [-0.3, -0.25) is 4.79 Å². The lowest BCUT2D eigenvalue weighted by Crippen LogP contribution is -2.14. The van der Waals surface area contributed by atoms with Gasteiger partial charge in [0.2, 0.25) is 5.91 Å². The van der Waals surface area contributed by atoms with Crippen molar-refractivity contribution in [1.29, 1.82) is 0 Å². The Morgan fingerprint density at radius 2 is 2.58 bits per heavy atom. The molecule has 0 radical (unpaired) electrons. The standard InChI is InChI=1S/C8H11N3O/c1-11-5-9-4-7(11)6-2-8(12)10-3-6/h4-6H,2-3H2,1H3,(H,10,12). The van der Waals surface area contributed by atoms with Crippen molar-refractivity contribution >= 4 is 5.91 Å². The first-order valence-corrected chi connectivity index (χ1v) is 4.00. The van der Waals surface area contributed by atoms with E-state index in [9.17, 15) is 4.79 Å². The molecule has 4 nitrogen and oxygen atoms in total. The molecule has 1 fully saturated rings. The third-order valence-electron chi connectivity index (χ3n) is 2.25. The minimum atomic E-state index is 0.140. The smallest absolute Gasteiger partial charge is 0.220 e. The Labute approximate surface area is 70.6 Å². The van der Waals surface area contributed by atoms with Crippen molar-refractivity contribution in [3.8, 4) is 0 Å². The first kappa shape index (κ1) is 7.34. The van der Waals surface area contributed by atoms with Crippen LogP contribution in [0.25, 0.3) is 0 Å². The Balaban J connectivity index is 2.21. The highest BCUT2D eigenvalue weighted by molar-refractivity contribution is 5.79. The highest BCUT2D eigenvalue weighted by atomic mass is 16.1. The number of aryl methyl sites for hydroxylation is 1. The quantitative estimate of drug-likeness (QED) is 0.638. The lowest BCUT2D eigenvalue weighted by atomic mass is 10.1. The van der Waals surface area contributed by atoms with Gasteiger partial charge in [-0.2, -0.15) is 0 Å². The number of aromatic nitrogens is 2. The zero-order valence-electron chi connectivity index (χ0n) is 6.95. The molecule has 1 N–H and O–H groups in total. The van der Waals surface area contributed by atoms with Crippen LogP contribution in [0, 0.1) is 0 Å². The van der Waals surface area contributed by atoms with Crippen LogP contribution >= 0.6 is 0 Å². The summed E-state index contributed by atoms with van der Waals surface area (Å²) in [5.41, 5.74) is 1.13. The van der Waals surface area contributed by atoms with Crippen LogP contribution in [0.3, 0.4) is 0 Å². The van der Waals surface area contributed by atoms with Gasteiger partial charge in [0.05, 0.1) is 6.33 Å². The van der Waals surface area contributed by atoms with Crippen LogP contribution in [0.4, 0.5) is 0 Å². The Bertz CT molecular complexity index is 305. The fraction of sp³-hybridized carbons (Fsp3) is 0.500. The van der Waals surface area contributed by atoms with Crippen LogP contribution < -0.4 is 5.32 Å². The van der Waals surface area contributed by atoms with Crippen molar-refractivity contribution in [2.45, 2.75) is 12.3 Å². The van der Waals surface area contributed by atoms with E-state index in [4.69, 9.17) is 0 Å². The van der Waals surface area contributed by atoms with Crippen LogP contribution in [0.2, 0.25) is 0 Å². The molecule has 0 aromatic carbocycles. The van der Waals surface area contributed by atoms with Gasteiger partial charge in [0, 0.05) is 37.8 Å². The molecule has 2 heterocycles. The van der Waals surface area contributed by atoms with Gasteiger partial charge in [-0.1, -0.05) is 0 Å². The van der Waals surface area contributed by atoms with E-state index in [-0.39, 0.29) is 5.91 Å². The number of imidazole rings is 1. The first-order valence-electron chi connectivity index (χ1n) is 4.00. The maximum absolute atomic E-state index is 10.9. The maximum Gasteiger partial charge on any atom is 0.220 e. The zero-order chi connectivity index (χ0) is 8.55.